The fraction of sp³-hybridized carbons (Fsp3) is 0.421. The van der Waals surface area contributed by atoms with Crippen molar-refractivity contribution in [1.29, 1.82) is 0 Å². The lowest BCUT2D eigenvalue weighted by Gasteiger charge is -2.04. The van der Waals surface area contributed by atoms with Gasteiger partial charge in [-0.1, -0.05) is 43.6 Å². The second-order valence-corrected chi connectivity index (χ2v) is 7.47. The summed E-state index contributed by atoms with van der Waals surface area (Å²) in [4.78, 5) is 16.8. The molecule has 140 valence electrons. The lowest BCUT2D eigenvalue weighted by molar-refractivity contribution is 0.0526. The first-order chi connectivity index (χ1) is 12.6. The van der Waals surface area contributed by atoms with E-state index in [2.05, 4.69) is 11.9 Å². The van der Waals surface area contributed by atoms with E-state index < -0.39 is 0 Å². The van der Waals surface area contributed by atoms with Crippen LogP contribution in [-0.2, 0) is 11.3 Å². The van der Waals surface area contributed by atoms with Gasteiger partial charge in [0.1, 0.15) is 4.88 Å². The number of carbonyl (C=O) groups is 1. The molecule has 1 N–H and O–H groups in total. The zero-order valence-electron chi connectivity index (χ0n) is 15.1. The Morgan fingerprint density at radius 1 is 1.35 bits per heavy atom. The van der Waals surface area contributed by atoms with Gasteiger partial charge in [0.05, 0.1) is 24.1 Å². The van der Waals surface area contributed by atoms with Crippen LogP contribution in [0.4, 0.5) is 5.69 Å². The number of benzene rings is 1. The van der Waals surface area contributed by atoms with Gasteiger partial charge in [0.2, 0.25) is 5.88 Å². The molecule has 0 amide bonds. The highest BCUT2D eigenvalue weighted by Crippen LogP contribution is 2.26. The Morgan fingerprint density at radius 2 is 2.15 bits per heavy atom. The second-order valence-electron chi connectivity index (χ2n) is 5.80. The van der Waals surface area contributed by atoms with E-state index >= 15 is 0 Å². The van der Waals surface area contributed by atoms with Crippen molar-refractivity contribution in [2.24, 2.45) is 4.99 Å². The lowest BCUT2D eigenvalue weighted by Crippen LogP contribution is -2.03. The first kappa shape index (κ1) is 20.3. The number of thiazole rings is 1. The van der Waals surface area contributed by atoms with E-state index in [4.69, 9.17) is 17.0 Å². The van der Waals surface area contributed by atoms with Crippen LogP contribution in [0, 0.1) is 3.95 Å². The monoisotopic (exact) mass is 392 g/mol. The minimum Gasteiger partial charge on any atom is -0.493 e. The highest BCUT2D eigenvalue weighted by atomic mass is 32.1. The molecule has 0 fully saturated rings. The van der Waals surface area contributed by atoms with Crippen LogP contribution >= 0.6 is 23.6 Å². The van der Waals surface area contributed by atoms with Gasteiger partial charge in [-0.25, -0.2) is 4.79 Å². The van der Waals surface area contributed by atoms with Gasteiger partial charge in [0, 0.05) is 6.54 Å². The molecule has 2 aromatic rings. The molecular formula is C19H24N2O3S2. The molecule has 0 aliphatic rings. The topological polar surface area (TPSA) is 63.8 Å². The van der Waals surface area contributed by atoms with E-state index in [1.807, 2.05) is 0 Å². The van der Waals surface area contributed by atoms with Gasteiger partial charge in [-0.3, -0.25) is 9.56 Å². The molecule has 0 saturated heterocycles. The summed E-state index contributed by atoms with van der Waals surface area (Å²) in [6, 6.07) is 6.88. The zero-order chi connectivity index (χ0) is 18.9. The molecule has 0 spiro atoms. The van der Waals surface area contributed by atoms with E-state index in [0.717, 1.165) is 12.8 Å². The van der Waals surface area contributed by atoms with Crippen LogP contribution < -0.4 is 0 Å². The molecule has 2 rings (SSSR count). The Kier molecular flexibility index (Phi) is 8.00. The van der Waals surface area contributed by atoms with Crippen molar-refractivity contribution in [1.82, 2.24) is 4.57 Å². The molecule has 1 heterocycles. The predicted molar refractivity (Wildman–Crippen MR) is 109 cm³/mol. The van der Waals surface area contributed by atoms with Crippen LogP contribution in [0.3, 0.4) is 0 Å². The highest BCUT2D eigenvalue weighted by Gasteiger charge is 2.10. The number of aliphatic imine (C=N–C) groups is 1. The molecule has 0 unspecified atom stereocenters. The fourth-order valence-corrected chi connectivity index (χ4v) is 3.68. The van der Waals surface area contributed by atoms with Gasteiger partial charge in [0.25, 0.3) is 0 Å². The number of aromatic nitrogens is 1. The second kappa shape index (κ2) is 10.2. The summed E-state index contributed by atoms with van der Waals surface area (Å²) < 4.78 is 7.39. The van der Waals surface area contributed by atoms with E-state index in [1.165, 1.54) is 24.2 Å². The average molecular weight is 393 g/mol. The summed E-state index contributed by atoms with van der Waals surface area (Å²) in [5.41, 5.74) is 1.07. The number of unbranched alkanes of at least 4 members (excludes halogenated alkanes) is 3. The van der Waals surface area contributed by atoms with Gasteiger partial charge in [-0.05, 0) is 43.8 Å². The standard InChI is InChI=1S/C19H24N2O3S2/c1-3-5-6-7-11-21-17(22)16(26-19(21)25)13-20-15-10-8-9-14(12-15)18(23)24-4-2/h8-10,12-13,22H,3-7,11H2,1-2H3. The minimum absolute atomic E-state index is 0.154. The first-order valence-corrected chi connectivity index (χ1v) is 10.0. The number of esters is 1. The molecule has 0 aliphatic heterocycles. The predicted octanol–water partition coefficient (Wildman–Crippen LogP) is 5.49. The van der Waals surface area contributed by atoms with E-state index in [1.54, 1.807) is 42.0 Å². The summed E-state index contributed by atoms with van der Waals surface area (Å²) in [6.45, 7) is 4.98. The third kappa shape index (κ3) is 5.51. The van der Waals surface area contributed by atoms with Crippen LogP contribution in [0.2, 0.25) is 0 Å². The van der Waals surface area contributed by atoms with E-state index in [9.17, 15) is 9.90 Å². The molecule has 1 aromatic heterocycles. The number of hydrogen-bond acceptors (Lipinski definition) is 6. The SMILES string of the molecule is CCCCCCn1c(O)c(C=Nc2cccc(C(=O)OCC)c2)sc1=S. The van der Waals surface area contributed by atoms with Crippen molar-refractivity contribution in [3.63, 3.8) is 0 Å². The number of nitrogens with zero attached hydrogens (tertiary/aromatic N) is 2. The summed E-state index contributed by atoms with van der Waals surface area (Å²) in [5.74, 6) is -0.219. The number of carbonyl (C=O) groups excluding carboxylic acids is 1. The first-order valence-electron chi connectivity index (χ1n) is 8.80. The molecular weight excluding hydrogens is 368 g/mol. The molecule has 0 radical (unpaired) electrons. The third-order valence-electron chi connectivity index (χ3n) is 3.82. The van der Waals surface area contributed by atoms with Crippen LogP contribution in [0.5, 0.6) is 5.88 Å². The Morgan fingerprint density at radius 3 is 2.88 bits per heavy atom. The van der Waals surface area contributed by atoms with Crippen LogP contribution in [0.1, 0.15) is 54.8 Å². The van der Waals surface area contributed by atoms with Crippen LogP contribution in [0.25, 0.3) is 0 Å². The van der Waals surface area contributed by atoms with E-state index in [0.29, 0.717) is 33.2 Å². The third-order valence-corrected chi connectivity index (χ3v) is 5.19. The molecule has 0 bridgehead atoms. The Balaban J connectivity index is 2.12. The Labute approximate surface area is 163 Å². The number of hydrogen-bond donors (Lipinski definition) is 1. The summed E-state index contributed by atoms with van der Waals surface area (Å²) in [6.07, 6.45) is 6.05. The molecule has 26 heavy (non-hydrogen) atoms. The molecule has 7 heteroatoms. The number of aromatic hydroxyl groups is 1. The molecule has 1 aromatic carbocycles. The zero-order valence-corrected chi connectivity index (χ0v) is 16.7. The van der Waals surface area contributed by atoms with E-state index in [-0.39, 0.29) is 11.8 Å². The molecule has 0 saturated carbocycles. The van der Waals surface area contributed by atoms with Crippen LogP contribution in [0.15, 0.2) is 29.3 Å². The highest BCUT2D eigenvalue weighted by molar-refractivity contribution is 7.73. The maximum absolute atomic E-state index is 11.8. The molecule has 0 atom stereocenters. The smallest absolute Gasteiger partial charge is 0.338 e. The minimum atomic E-state index is -0.374. The van der Waals surface area contributed by atoms with Crippen molar-refractivity contribution in [3.8, 4) is 5.88 Å². The van der Waals surface area contributed by atoms with Crippen molar-refractivity contribution in [3.05, 3.63) is 38.7 Å². The van der Waals surface area contributed by atoms with Gasteiger partial charge < -0.3 is 9.84 Å². The van der Waals surface area contributed by atoms with Gasteiger partial charge in [-0.15, -0.1) is 0 Å². The van der Waals surface area contributed by atoms with Crippen molar-refractivity contribution in [2.75, 3.05) is 6.61 Å². The number of ether oxygens (including phenoxy) is 1. The quantitative estimate of drug-likeness (QED) is 0.265. The fourth-order valence-electron chi connectivity index (χ4n) is 2.45. The number of rotatable bonds is 9. The summed E-state index contributed by atoms with van der Waals surface area (Å²) >= 11 is 6.68. The van der Waals surface area contributed by atoms with Gasteiger partial charge in [-0.2, -0.15) is 0 Å². The summed E-state index contributed by atoms with van der Waals surface area (Å²) in [5, 5.41) is 10.4. The largest absolute Gasteiger partial charge is 0.493 e. The Hall–Kier alpha value is -1.99. The van der Waals surface area contributed by atoms with Gasteiger partial charge in [0.15, 0.2) is 3.95 Å². The maximum Gasteiger partial charge on any atom is 0.338 e. The maximum atomic E-state index is 11.8. The molecule has 0 aliphatic carbocycles. The Bertz CT molecular complexity index is 824. The normalized spacial score (nSPS) is 11.2. The lowest BCUT2D eigenvalue weighted by atomic mass is 10.2. The van der Waals surface area contributed by atoms with Crippen molar-refractivity contribution >= 4 is 41.4 Å². The van der Waals surface area contributed by atoms with Gasteiger partial charge >= 0.3 is 5.97 Å². The average Bonchev–Trinajstić information content (AvgIpc) is 2.91. The van der Waals surface area contributed by atoms with Crippen molar-refractivity contribution < 1.29 is 14.6 Å². The summed E-state index contributed by atoms with van der Waals surface area (Å²) in [7, 11) is 0. The molecule has 5 nitrogen and oxygen atoms in total. The van der Waals surface area contributed by atoms with Crippen LogP contribution in [-0.4, -0.2) is 28.5 Å². The van der Waals surface area contributed by atoms with Crippen molar-refractivity contribution in [2.45, 2.75) is 46.1 Å².